The Morgan fingerprint density at radius 2 is 2.05 bits per heavy atom. The van der Waals surface area contributed by atoms with Crippen LogP contribution in [-0.4, -0.2) is 4.98 Å². The van der Waals surface area contributed by atoms with Gasteiger partial charge < -0.3 is 10.5 Å². The largest absolute Gasteiger partial charge is 0.457 e. The second kappa shape index (κ2) is 5.02. The predicted octanol–water partition coefficient (Wildman–Crippen LogP) is 3.13. The Balaban J connectivity index is 1.90. The van der Waals surface area contributed by atoms with Crippen molar-refractivity contribution in [3.8, 4) is 11.5 Å². The van der Waals surface area contributed by atoms with Gasteiger partial charge in [0.25, 0.3) is 0 Å². The maximum absolute atomic E-state index is 5.99. The molecule has 1 aliphatic rings. The van der Waals surface area contributed by atoms with Crippen LogP contribution in [0.5, 0.6) is 11.5 Å². The van der Waals surface area contributed by atoms with Gasteiger partial charge in [0.1, 0.15) is 11.5 Å². The minimum Gasteiger partial charge on any atom is -0.457 e. The van der Waals surface area contributed by atoms with E-state index in [1.807, 2.05) is 19.1 Å². The van der Waals surface area contributed by atoms with E-state index in [1.54, 1.807) is 6.20 Å². The number of benzene rings is 1. The molecule has 3 nitrogen and oxygen atoms in total. The number of hydrogen-bond donors (Lipinski definition) is 1. The van der Waals surface area contributed by atoms with E-state index in [-0.39, 0.29) is 0 Å². The average molecular weight is 254 g/mol. The maximum Gasteiger partial charge on any atom is 0.135 e. The number of hydrogen-bond acceptors (Lipinski definition) is 3. The van der Waals surface area contributed by atoms with E-state index >= 15 is 0 Å². The van der Waals surface area contributed by atoms with Crippen molar-refractivity contribution in [1.29, 1.82) is 0 Å². The van der Waals surface area contributed by atoms with Gasteiger partial charge in [-0.1, -0.05) is 6.07 Å². The number of nitrogens with two attached hydrogens (primary N) is 1. The van der Waals surface area contributed by atoms with Crippen molar-refractivity contribution in [2.75, 3.05) is 0 Å². The van der Waals surface area contributed by atoms with Crippen molar-refractivity contribution in [2.45, 2.75) is 32.7 Å². The van der Waals surface area contributed by atoms with Gasteiger partial charge >= 0.3 is 0 Å². The molecule has 2 N–H and O–H groups in total. The Hall–Kier alpha value is -1.87. The van der Waals surface area contributed by atoms with E-state index < -0.39 is 0 Å². The molecule has 0 atom stereocenters. The monoisotopic (exact) mass is 254 g/mol. The Kier molecular flexibility index (Phi) is 3.22. The molecule has 0 amide bonds. The first kappa shape index (κ1) is 12.2. The zero-order valence-corrected chi connectivity index (χ0v) is 11.1. The van der Waals surface area contributed by atoms with Crippen LogP contribution >= 0.6 is 0 Å². The highest BCUT2D eigenvalue weighted by Crippen LogP contribution is 2.30. The molecule has 1 heterocycles. The summed E-state index contributed by atoms with van der Waals surface area (Å²) in [5.41, 5.74) is 10.5. The first-order valence-electron chi connectivity index (χ1n) is 6.71. The molecule has 0 unspecified atom stereocenters. The van der Waals surface area contributed by atoms with E-state index in [2.05, 4.69) is 17.1 Å². The van der Waals surface area contributed by atoms with Crippen molar-refractivity contribution in [1.82, 2.24) is 4.98 Å². The van der Waals surface area contributed by atoms with Gasteiger partial charge in [0.05, 0.1) is 0 Å². The van der Waals surface area contributed by atoms with Gasteiger partial charge in [-0.25, -0.2) is 0 Å². The normalized spacial score (nSPS) is 13.4. The van der Waals surface area contributed by atoms with Gasteiger partial charge in [0.15, 0.2) is 0 Å². The van der Waals surface area contributed by atoms with Crippen LogP contribution < -0.4 is 10.5 Å². The van der Waals surface area contributed by atoms with Crippen LogP contribution in [-0.2, 0) is 19.4 Å². The molecular formula is C16H18N2O. The fourth-order valence-electron chi connectivity index (χ4n) is 2.55. The minimum atomic E-state index is 0.438. The Morgan fingerprint density at radius 3 is 2.89 bits per heavy atom. The smallest absolute Gasteiger partial charge is 0.135 e. The van der Waals surface area contributed by atoms with Crippen molar-refractivity contribution in [3.05, 3.63) is 52.8 Å². The van der Waals surface area contributed by atoms with Gasteiger partial charge in [-0.3, -0.25) is 4.98 Å². The third kappa shape index (κ3) is 2.47. The highest BCUT2D eigenvalue weighted by Gasteiger charge is 2.12. The van der Waals surface area contributed by atoms with Crippen LogP contribution in [0.1, 0.15) is 28.8 Å². The molecule has 1 aliphatic carbocycles. The summed E-state index contributed by atoms with van der Waals surface area (Å²) in [4.78, 5) is 4.25. The maximum atomic E-state index is 5.99. The molecule has 2 aromatic rings. The molecule has 0 fully saturated rings. The lowest BCUT2D eigenvalue weighted by atomic mass is 10.1. The number of aryl methyl sites for hydroxylation is 3. The van der Waals surface area contributed by atoms with Crippen molar-refractivity contribution >= 4 is 0 Å². The summed E-state index contributed by atoms with van der Waals surface area (Å²) in [5, 5.41) is 0. The summed E-state index contributed by atoms with van der Waals surface area (Å²) < 4.78 is 5.99. The van der Waals surface area contributed by atoms with Crippen LogP contribution in [0.4, 0.5) is 0 Å². The molecule has 3 heteroatoms. The molecule has 1 aromatic carbocycles. The molecular weight excluding hydrogens is 236 g/mol. The zero-order valence-electron chi connectivity index (χ0n) is 11.1. The standard InChI is InChI=1S/C16H18N2O/c1-11-7-16(14(9-17)10-18-11)19-15-6-5-12-3-2-4-13(12)8-15/h5-8,10H,2-4,9,17H2,1H3. The van der Waals surface area contributed by atoms with E-state index in [0.717, 1.165) is 29.2 Å². The Labute approximate surface area is 113 Å². The zero-order chi connectivity index (χ0) is 13.2. The average Bonchev–Trinajstić information content (AvgIpc) is 2.86. The number of pyridine rings is 1. The van der Waals surface area contributed by atoms with Crippen LogP contribution in [0.15, 0.2) is 30.5 Å². The first-order chi connectivity index (χ1) is 9.26. The van der Waals surface area contributed by atoms with E-state index in [1.165, 1.54) is 24.0 Å². The fourth-order valence-corrected chi connectivity index (χ4v) is 2.55. The summed E-state index contributed by atoms with van der Waals surface area (Å²) in [5.74, 6) is 1.70. The number of rotatable bonds is 3. The van der Waals surface area contributed by atoms with Crippen LogP contribution in [0.3, 0.4) is 0 Å². The number of fused-ring (bicyclic) bond motifs is 1. The lowest BCUT2D eigenvalue weighted by Crippen LogP contribution is -2.01. The quantitative estimate of drug-likeness (QED) is 0.915. The molecule has 0 bridgehead atoms. The number of ether oxygens (including phenoxy) is 1. The highest BCUT2D eigenvalue weighted by molar-refractivity contribution is 5.42. The fraction of sp³-hybridized carbons (Fsp3) is 0.312. The molecule has 19 heavy (non-hydrogen) atoms. The molecule has 0 aliphatic heterocycles. The van der Waals surface area contributed by atoms with Crippen molar-refractivity contribution in [2.24, 2.45) is 5.73 Å². The summed E-state index contributed by atoms with van der Waals surface area (Å²) in [7, 11) is 0. The summed E-state index contributed by atoms with van der Waals surface area (Å²) >= 11 is 0. The Bertz CT molecular complexity index is 608. The lowest BCUT2D eigenvalue weighted by molar-refractivity contribution is 0.474. The topological polar surface area (TPSA) is 48.1 Å². The molecule has 0 radical (unpaired) electrons. The third-order valence-electron chi connectivity index (χ3n) is 3.60. The molecule has 0 spiro atoms. The van der Waals surface area contributed by atoms with Gasteiger partial charge in [0, 0.05) is 30.1 Å². The predicted molar refractivity (Wildman–Crippen MR) is 75.4 cm³/mol. The second-order valence-corrected chi connectivity index (χ2v) is 5.02. The van der Waals surface area contributed by atoms with Crippen LogP contribution in [0.2, 0.25) is 0 Å². The van der Waals surface area contributed by atoms with Crippen LogP contribution in [0, 0.1) is 6.92 Å². The van der Waals surface area contributed by atoms with E-state index in [4.69, 9.17) is 10.5 Å². The van der Waals surface area contributed by atoms with Gasteiger partial charge in [0.2, 0.25) is 0 Å². The number of nitrogens with zero attached hydrogens (tertiary/aromatic N) is 1. The van der Waals surface area contributed by atoms with E-state index in [9.17, 15) is 0 Å². The SMILES string of the molecule is Cc1cc(Oc2ccc3c(c2)CCC3)c(CN)cn1. The Morgan fingerprint density at radius 1 is 1.21 bits per heavy atom. The summed E-state index contributed by atoms with van der Waals surface area (Å²) in [6.07, 6.45) is 5.39. The van der Waals surface area contributed by atoms with E-state index in [0.29, 0.717) is 6.54 Å². The molecule has 0 saturated heterocycles. The molecule has 0 saturated carbocycles. The minimum absolute atomic E-state index is 0.438. The molecule has 98 valence electrons. The number of aromatic nitrogens is 1. The summed E-state index contributed by atoms with van der Waals surface area (Å²) in [6.45, 7) is 2.39. The molecule has 1 aromatic heterocycles. The third-order valence-corrected chi connectivity index (χ3v) is 3.60. The van der Waals surface area contributed by atoms with Crippen molar-refractivity contribution in [3.63, 3.8) is 0 Å². The van der Waals surface area contributed by atoms with Crippen molar-refractivity contribution < 1.29 is 4.74 Å². The highest BCUT2D eigenvalue weighted by atomic mass is 16.5. The summed E-state index contributed by atoms with van der Waals surface area (Å²) in [6, 6.07) is 8.31. The lowest BCUT2D eigenvalue weighted by Gasteiger charge is -2.11. The first-order valence-corrected chi connectivity index (χ1v) is 6.71. The molecule has 3 rings (SSSR count). The van der Waals surface area contributed by atoms with Crippen LogP contribution in [0.25, 0.3) is 0 Å². The van der Waals surface area contributed by atoms with Gasteiger partial charge in [-0.05, 0) is 49.4 Å². The second-order valence-electron chi connectivity index (χ2n) is 5.02. The van der Waals surface area contributed by atoms with Gasteiger partial charge in [-0.15, -0.1) is 0 Å². The van der Waals surface area contributed by atoms with Gasteiger partial charge in [-0.2, -0.15) is 0 Å².